The number of likely N-dealkylation sites (tertiary alicyclic amines) is 1. The van der Waals surface area contributed by atoms with E-state index in [4.69, 9.17) is 4.74 Å². The van der Waals surface area contributed by atoms with E-state index in [1.165, 1.54) is 12.8 Å². The van der Waals surface area contributed by atoms with Crippen molar-refractivity contribution in [1.29, 1.82) is 0 Å². The summed E-state index contributed by atoms with van der Waals surface area (Å²) in [5.41, 5.74) is 1.76. The van der Waals surface area contributed by atoms with Crippen LogP contribution in [0.2, 0.25) is 0 Å². The van der Waals surface area contributed by atoms with Crippen molar-refractivity contribution in [2.24, 2.45) is 0 Å². The van der Waals surface area contributed by atoms with Gasteiger partial charge in [0.25, 0.3) is 5.91 Å². The molecule has 5 heteroatoms. The van der Waals surface area contributed by atoms with E-state index in [-0.39, 0.29) is 24.3 Å². The van der Waals surface area contributed by atoms with E-state index in [0.717, 1.165) is 25.2 Å². The summed E-state index contributed by atoms with van der Waals surface area (Å²) in [6.07, 6.45) is 2.91. The number of nitrogens with one attached hydrogen (secondary N) is 1. The van der Waals surface area contributed by atoms with E-state index in [0.29, 0.717) is 17.7 Å². The van der Waals surface area contributed by atoms with Crippen LogP contribution in [-0.2, 0) is 4.79 Å². The standard InChI is InChI=1S/C23H28N2O3/c1-2-22(26)19-10-12-20(13-11-19)28-17-23(27)24-21(16-25-14-6-7-15-25)18-8-4-3-5-9-18/h3-5,8-13,21H,2,6-7,14-17H2,1H3,(H,24,27). The molecule has 1 fully saturated rings. The average molecular weight is 380 g/mol. The number of Topliss-reactive ketones (excluding diaryl/α,β-unsaturated/α-hetero) is 1. The van der Waals surface area contributed by atoms with Gasteiger partial charge in [-0.2, -0.15) is 0 Å². The molecule has 0 aromatic heterocycles. The Labute approximate surface area is 166 Å². The van der Waals surface area contributed by atoms with Gasteiger partial charge in [0, 0.05) is 18.5 Å². The molecule has 1 atom stereocenters. The molecule has 1 N–H and O–H groups in total. The maximum atomic E-state index is 12.5. The lowest BCUT2D eigenvalue weighted by Gasteiger charge is -2.25. The predicted octanol–water partition coefficient (Wildman–Crippen LogP) is 3.61. The second kappa shape index (κ2) is 10.0. The van der Waals surface area contributed by atoms with Crippen molar-refractivity contribution >= 4 is 11.7 Å². The highest BCUT2D eigenvalue weighted by Gasteiger charge is 2.20. The molecule has 1 heterocycles. The quantitative estimate of drug-likeness (QED) is 0.675. The molecule has 1 saturated heterocycles. The van der Waals surface area contributed by atoms with E-state index < -0.39 is 0 Å². The van der Waals surface area contributed by atoms with E-state index in [1.807, 2.05) is 37.3 Å². The number of ketones is 1. The van der Waals surface area contributed by atoms with E-state index in [9.17, 15) is 9.59 Å². The molecule has 3 rings (SSSR count). The van der Waals surface area contributed by atoms with Crippen LogP contribution in [0.5, 0.6) is 5.75 Å². The molecule has 0 spiro atoms. The molecule has 5 nitrogen and oxygen atoms in total. The largest absolute Gasteiger partial charge is 0.484 e. The Hall–Kier alpha value is -2.66. The number of nitrogens with zero attached hydrogens (tertiary/aromatic N) is 1. The Morgan fingerprint density at radius 1 is 1.04 bits per heavy atom. The molecule has 1 aliphatic heterocycles. The highest BCUT2D eigenvalue weighted by atomic mass is 16.5. The van der Waals surface area contributed by atoms with Crippen molar-refractivity contribution in [3.8, 4) is 5.75 Å². The summed E-state index contributed by atoms with van der Waals surface area (Å²) in [6.45, 7) is 4.76. The van der Waals surface area contributed by atoms with E-state index in [1.54, 1.807) is 24.3 Å². The van der Waals surface area contributed by atoms with Crippen LogP contribution in [0.15, 0.2) is 54.6 Å². The minimum absolute atomic E-state index is 0.0512. The summed E-state index contributed by atoms with van der Waals surface area (Å²) in [7, 11) is 0. The number of benzene rings is 2. The zero-order valence-electron chi connectivity index (χ0n) is 16.4. The highest BCUT2D eigenvalue weighted by Crippen LogP contribution is 2.18. The Morgan fingerprint density at radius 3 is 2.36 bits per heavy atom. The summed E-state index contributed by atoms with van der Waals surface area (Å²) >= 11 is 0. The lowest BCUT2D eigenvalue weighted by atomic mass is 10.1. The third kappa shape index (κ3) is 5.67. The highest BCUT2D eigenvalue weighted by molar-refractivity contribution is 5.95. The maximum Gasteiger partial charge on any atom is 0.258 e. The number of hydrogen-bond acceptors (Lipinski definition) is 4. The van der Waals surface area contributed by atoms with Gasteiger partial charge in [-0.15, -0.1) is 0 Å². The van der Waals surface area contributed by atoms with Crippen LogP contribution in [-0.4, -0.2) is 42.8 Å². The van der Waals surface area contributed by atoms with Gasteiger partial charge >= 0.3 is 0 Å². The molecule has 2 aromatic rings. The molecule has 0 saturated carbocycles. The maximum absolute atomic E-state index is 12.5. The third-order valence-corrected chi connectivity index (χ3v) is 5.04. The van der Waals surface area contributed by atoms with Crippen molar-refractivity contribution in [3.05, 3.63) is 65.7 Å². The van der Waals surface area contributed by atoms with E-state index >= 15 is 0 Å². The second-order valence-electron chi connectivity index (χ2n) is 7.13. The van der Waals surface area contributed by atoms with Gasteiger partial charge in [-0.25, -0.2) is 0 Å². The molecule has 0 bridgehead atoms. The molecule has 0 radical (unpaired) electrons. The van der Waals surface area contributed by atoms with Gasteiger partial charge in [0.05, 0.1) is 6.04 Å². The topological polar surface area (TPSA) is 58.6 Å². The molecule has 1 amide bonds. The molecular weight excluding hydrogens is 352 g/mol. The third-order valence-electron chi connectivity index (χ3n) is 5.04. The summed E-state index contributed by atoms with van der Waals surface area (Å²) in [6, 6.07) is 16.9. The fourth-order valence-corrected chi connectivity index (χ4v) is 3.47. The average Bonchev–Trinajstić information content (AvgIpc) is 3.25. The van der Waals surface area contributed by atoms with Gasteiger partial charge < -0.3 is 15.0 Å². The van der Waals surface area contributed by atoms with Crippen molar-refractivity contribution < 1.29 is 14.3 Å². The van der Waals surface area contributed by atoms with E-state index in [2.05, 4.69) is 10.2 Å². The summed E-state index contributed by atoms with van der Waals surface area (Å²) in [4.78, 5) is 26.6. The number of carbonyl (C=O) groups excluding carboxylic acids is 2. The molecule has 0 aliphatic carbocycles. The first-order valence-electron chi connectivity index (χ1n) is 9.98. The van der Waals surface area contributed by atoms with Gasteiger partial charge in [-0.3, -0.25) is 9.59 Å². The van der Waals surface area contributed by atoms with Crippen molar-refractivity contribution in [1.82, 2.24) is 10.2 Å². The number of carbonyl (C=O) groups is 2. The van der Waals surface area contributed by atoms with Crippen LogP contribution in [0.4, 0.5) is 0 Å². The van der Waals surface area contributed by atoms with Crippen molar-refractivity contribution in [3.63, 3.8) is 0 Å². The molecule has 1 aliphatic rings. The molecule has 28 heavy (non-hydrogen) atoms. The van der Waals surface area contributed by atoms with Gasteiger partial charge in [0.1, 0.15) is 5.75 Å². The smallest absolute Gasteiger partial charge is 0.258 e. The first kappa shape index (κ1) is 20.1. The zero-order valence-corrected chi connectivity index (χ0v) is 16.4. The fraction of sp³-hybridized carbons (Fsp3) is 0.391. The Morgan fingerprint density at radius 2 is 1.71 bits per heavy atom. The Bertz CT molecular complexity index is 768. The molecule has 1 unspecified atom stereocenters. The lowest BCUT2D eigenvalue weighted by Crippen LogP contribution is -2.39. The second-order valence-corrected chi connectivity index (χ2v) is 7.13. The van der Waals surface area contributed by atoms with Crippen molar-refractivity contribution in [2.75, 3.05) is 26.2 Å². The van der Waals surface area contributed by atoms with Crippen LogP contribution < -0.4 is 10.1 Å². The number of rotatable bonds is 9. The Balaban J connectivity index is 1.56. The van der Waals surface area contributed by atoms with Gasteiger partial charge in [-0.1, -0.05) is 37.3 Å². The predicted molar refractivity (Wildman–Crippen MR) is 110 cm³/mol. The van der Waals surface area contributed by atoms with Crippen LogP contribution in [0.3, 0.4) is 0 Å². The van der Waals surface area contributed by atoms with Crippen LogP contribution >= 0.6 is 0 Å². The fourth-order valence-electron chi connectivity index (χ4n) is 3.47. The van der Waals surface area contributed by atoms with Gasteiger partial charge in [0.2, 0.25) is 0 Å². The first-order chi connectivity index (χ1) is 13.7. The minimum atomic E-state index is -0.151. The minimum Gasteiger partial charge on any atom is -0.484 e. The molecular formula is C23H28N2O3. The van der Waals surface area contributed by atoms with Crippen LogP contribution in [0.1, 0.15) is 48.1 Å². The van der Waals surface area contributed by atoms with Crippen LogP contribution in [0, 0.1) is 0 Å². The summed E-state index contributed by atoms with van der Waals surface area (Å²) < 4.78 is 5.61. The summed E-state index contributed by atoms with van der Waals surface area (Å²) in [5.74, 6) is 0.525. The van der Waals surface area contributed by atoms with Gasteiger partial charge in [-0.05, 0) is 55.8 Å². The zero-order chi connectivity index (χ0) is 19.8. The summed E-state index contributed by atoms with van der Waals surface area (Å²) in [5, 5.41) is 3.11. The lowest BCUT2D eigenvalue weighted by molar-refractivity contribution is -0.124. The normalized spacial score (nSPS) is 15.2. The van der Waals surface area contributed by atoms with Gasteiger partial charge in [0.15, 0.2) is 12.4 Å². The van der Waals surface area contributed by atoms with Crippen LogP contribution in [0.25, 0.3) is 0 Å². The number of hydrogen-bond donors (Lipinski definition) is 1. The van der Waals surface area contributed by atoms with Crippen molar-refractivity contribution in [2.45, 2.75) is 32.2 Å². The number of amides is 1. The monoisotopic (exact) mass is 380 g/mol. The first-order valence-corrected chi connectivity index (χ1v) is 9.98. The molecule has 148 valence electrons. The SMILES string of the molecule is CCC(=O)c1ccc(OCC(=O)NC(CN2CCCC2)c2ccccc2)cc1. The molecule has 2 aromatic carbocycles. The number of ether oxygens (including phenoxy) is 1. The Kier molecular flexibility index (Phi) is 7.20.